The van der Waals surface area contributed by atoms with E-state index in [1.807, 2.05) is 0 Å². The number of Topliss-reactive ketones (excluding diaryl/α,β-unsaturated/α-hetero) is 1. The molecule has 0 rings (SSSR count). The lowest BCUT2D eigenvalue weighted by Gasteiger charge is -2.15. The van der Waals surface area contributed by atoms with Crippen LogP contribution < -0.4 is 0 Å². The fourth-order valence-electron chi connectivity index (χ4n) is 0.410. The van der Waals surface area contributed by atoms with Crippen LogP contribution in [0.25, 0.3) is 0 Å². The molecule has 0 amide bonds. The molecule has 0 aromatic heterocycles. The molecule has 0 spiro atoms. The van der Waals surface area contributed by atoms with Gasteiger partial charge >= 0.3 is 5.97 Å². The van der Waals surface area contributed by atoms with Gasteiger partial charge in [-0.15, -0.1) is 0 Å². The van der Waals surface area contributed by atoms with Crippen molar-refractivity contribution in [2.24, 2.45) is 0 Å². The predicted molar refractivity (Wildman–Crippen MR) is 41.6 cm³/mol. The highest BCUT2D eigenvalue weighted by Crippen LogP contribution is 2.17. The van der Waals surface area contributed by atoms with Gasteiger partial charge in [0.05, 0.1) is 6.61 Å². The van der Waals surface area contributed by atoms with Crippen LogP contribution in [0.5, 0.6) is 0 Å². The summed E-state index contributed by atoms with van der Waals surface area (Å²) < 4.78 is 4.58. The molecule has 0 aliphatic carbocycles. The van der Waals surface area contributed by atoms with E-state index in [1.165, 1.54) is 13.8 Å². The number of ketones is 1. The molecule has 0 saturated heterocycles. The monoisotopic (exact) mass is 178 g/mol. The standard InChI is InChI=1S/C7H11ClO3/c1-4-11-6(10)7(3,8)5(2)9/h4H2,1-3H3/t7-/m1/s1. The lowest BCUT2D eigenvalue weighted by Crippen LogP contribution is -2.37. The summed E-state index contributed by atoms with van der Waals surface area (Å²) in [6.07, 6.45) is 0. The first-order valence-corrected chi connectivity index (χ1v) is 3.68. The van der Waals surface area contributed by atoms with Gasteiger partial charge in [0, 0.05) is 0 Å². The minimum atomic E-state index is -1.52. The van der Waals surface area contributed by atoms with Crippen LogP contribution in [0, 0.1) is 0 Å². The molecule has 0 radical (unpaired) electrons. The molecule has 64 valence electrons. The molecule has 4 heteroatoms. The van der Waals surface area contributed by atoms with E-state index in [-0.39, 0.29) is 6.61 Å². The summed E-state index contributed by atoms with van der Waals surface area (Å²) in [7, 11) is 0. The van der Waals surface area contributed by atoms with Gasteiger partial charge in [0.15, 0.2) is 10.7 Å². The highest BCUT2D eigenvalue weighted by Gasteiger charge is 2.37. The van der Waals surface area contributed by atoms with E-state index in [2.05, 4.69) is 4.74 Å². The first-order chi connectivity index (χ1) is 4.92. The van der Waals surface area contributed by atoms with Gasteiger partial charge in [-0.1, -0.05) is 11.6 Å². The van der Waals surface area contributed by atoms with E-state index in [9.17, 15) is 9.59 Å². The number of rotatable bonds is 3. The van der Waals surface area contributed by atoms with Gasteiger partial charge in [-0.25, -0.2) is 4.79 Å². The molecule has 0 aromatic rings. The van der Waals surface area contributed by atoms with Gasteiger partial charge in [0.25, 0.3) is 0 Å². The number of halogens is 1. The van der Waals surface area contributed by atoms with Gasteiger partial charge in [0.2, 0.25) is 0 Å². The van der Waals surface area contributed by atoms with Crippen molar-refractivity contribution in [2.75, 3.05) is 6.61 Å². The van der Waals surface area contributed by atoms with Crippen LogP contribution in [0.4, 0.5) is 0 Å². The number of carbonyl (C=O) groups excluding carboxylic acids is 2. The van der Waals surface area contributed by atoms with Crippen molar-refractivity contribution in [3.63, 3.8) is 0 Å². The second-order valence-corrected chi connectivity index (χ2v) is 3.04. The van der Waals surface area contributed by atoms with E-state index >= 15 is 0 Å². The number of ether oxygens (including phenoxy) is 1. The Kier molecular flexibility index (Phi) is 3.52. The maximum atomic E-state index is 10.9. The van der Waals surface area contributed by atoms with E-state index in [0.717, 1.165) is 0 Å². The molecule has 0 N–H and O–H groups in total. The van der Waals surface area contributed by atoms with Gasteiger partial charge in [0.1, 0.15) is 0 Å². The maximum Gasteiger partial charge on any atom is 0.334 e. The number of esters is 1. The van der Waals surface area contributed by atoms with E-state index in [1.54, 1.807) is 6.92 Å². The Hall–Kier alpha value is -0.570. The number of carbonyl (C=O) groups is 2. The van der Waals surface area contributed by atoms with Crippen molar-refractivity contribution in [1.29, 1.82) is 0 Å². The Balaban J connectivity index is 4.30. The molecule has 0 aliphatic rings. The Morgan fingerprint density at radius 1 is 1.55 bits per heavy atom. The molecule has 0 aliphatic heterocycles. The molecule has 1 atom stereocenters. The molecular weight excluding hydrogens is 168 g/mol. The molecule has 3 nitrogen and oxygen atoms in total. The summed E-state index contributed by atoms with van der Waals surface area (Å²) in [6.45, 7) is 4.47. The van der Waals surface area contributed by atoms with Crippen molar-refractivity contribution in [1.82, 2.24) is 0 Å². The predicted octanol–water partition coefficient (Wildman–Crippen LogP) is 1.14. The van der Waals surface area contributed by atoms with Crippen molar-refractivity contribution in [3.05, 3.63) is 0 Å². The summed E-state index contributed by atoms with van der Waals surface area (Å²) in [5, 5.41) is 0. The molecule has 0 aromatic carbocycles. The van der Waals surface area contributed by atoms with Crippen LogP contribution in [0.3, 0.4) is 0 Å². The van der Waals surface area contributed by atoms with Crippen molar-refractivity contribution >= 4 is 23.4 Å². The normalized spacial score (nSPS) is 15.3. The third kappa shape index (κ3) is 2.50. The fraction of sp³-hybridized carbons (Fsp3) is 0.714. The van der Waals surface area contributed by atoms with Gasteiger partial charge in [-0.05, 0) is 20.8 Å². The van der Waals surface area contributed by atoms with Crippen LogP contribution in [0.15, 0.2) is 0 Å². The number of hydrogen-bond donors (Lipinski definition) is 0. The third-order valence-corrected chi connectivity index (χ3v) is 1.74. The van der Waals surface area contributed by atoms with Gasteiger partial charge in [-0.3, -0.25) is 4.79 Å². The van der Waals surface area contributed by atoms with Gasteiger partial charge in [-0.2, -0.15) is 0 Å². The van der Waals surface area contributed by atoms with Crippen LogP contribution in [-0.4, -0.2) is 23.2 Å². The Labute approximate surface area is 70.7 Å². The van der Waals surface area contributed by atoms with Crippen LogP contribution in [0.2, 0.25) is 0 Å². The van der Waals surface area contributed by atoms with E-state index in [0.29, 0.717) is 0 Å². The summed E-state index contributed by atoms with van der Waals surface area (Å²) in [6, 6.07) is 0. The van der Waals surface area contributed by atoms with E-state index in [4.69, 9.17) is 11.6 Å². The average molecular weight is 179 g/mol. The quantitative estimate of drug-likeness (QED) is 0.370. The fourth-order valence-corrected chi connectivity index (χ4v) is 0.465. The van der Waals surface area contributed by atoms with E-state index < -0.39 is 16.6 Å². The second kappa shape index (κ2) is 3.72. The highest BCUT2D eigenvalue weighted by atomic mass is 35.5. The molecule has 0 fully saturated rings. The molecule has 0 heterocycles. The Bertz CT molecular complexity index is 175. The van der Waals surface area contributed by atoms with Crippen molar-refractivity contribution in [2.45, 2.75) is 25.6 Å². The average Bonchev–Trinajstić information content (AvgIpc) is 1.88. The zero-order valence-corrected chi connectivity index (χ0v) is 7.57. The SMILES string of the molecule is CCOC(=O)[C@](C)(Cl)C(C)=O. The summed E-state index contributed by atoms with van der Waals surface area (Å²) in [5.41, 5.74) is 0. The Morgan fingerprint density at radius 2 is 2.00 bits per heavy atom. The highest BCUT2D eigenvalue weighted by molar-refractivity contribution is 6.45. The maximum absolute atomic E-state index is 10.9. The minimum absolute atomic E-state index is 0.231. The van der Waals surface area contributed by atoms with Crippen molar-refractivity contribution < 1.29 is 14.3 Å². The molecule has 11 heavy (non-hydrogen) atoms. The van der Waals surface area contributed by atoms with Crippen molar-refractivity contribution in [3.8, 4) is 0 Å². The Morgan fingerprint density at radius 3 is 2.27 bits per heavy atom. The summed E-state index contributed by atoms with van der Waals surface area (Å²) in [5.74, 6) is -1.09. The summed E-state index contributed by atoms with van der Waals surface area (Å²) >= 11 is 5.58. The lowest BCUT2D eigenvalue weighted by molar-refractivity contribution is -0.148. The smallest absolute Gasteiger partial charge is 0.334 e. The molecule has 0 unspecified atom stereocenters. The molecule has 0 saturated carbocycles. The second-order valence-electron chi connectivity index (χ2n) is 2.28. The first kappa shape index (κ1) is 10.4. The van der Waals surface area contributed by atoms with Crippen LogP contribution >= 0.6 is 11.6 Å². The third-order valence-electron chi connectivity index (χ3n) is 1.32. The molecular formula is C7H11ClO3. The number of alkyl halides is 1. The zero-order chi connectivity index (χ0) is 9.07. The lowest BCUT2D eigenvalue weighted by atomic mass is 10.1. The zero-order valence-electron chi connectivity index (χ0n) is 6.81. The number of hydrogen-bond acceptors (Lipinski definition) is 3. The topological polar surface area (TPSA) is 43.4 Å². The molecule has 0 bridgehead atoms. The van der Waals surface area contributed by atoms with Crippen LogP contribution in [0.1, 0.15) is 20.8 Å². The van der Waals surface area contributed by atoms with Crippen LogP contribution in [-0.2, 0) is 14.3 Å². The largest absolute Gasteiger partial charge is 0.464 e. The van der Waals surface area contributed by atoms with Gasteiger partial charge < -0.3 is 4.74 Å². The summed E-state index contributed by atoms with van der Waals surface area (Å²) in [4.78, 5) is 20.2. The minimum Gasteiger partial charge on any atom is -0.464 e. The first-order valence-electron chi connectivity index (χ1n) is 3.30.